The molecule has 0 saturated heterocycles. The zero-order chi connectivity index (χ0) is 28.4. The summed E-state index contributed by atoms with van der Waals surface area (Å²) < 4.78 is 3.30. The van der Waals surface area contributed by atoms with E-state index in [0.29, 0.717) is 23.1 Å². The molecular formula is C33H24N8. The molecule has 41 heavy (non-hydrogen) atoms. The van der Waals surface area contributed by atoms with Crippen LogP contribution < -0.4 is 0 Å². The van der Waals surface area contributed by atoms with Gasteiger partial charge >= 0.3 is 0 Å². The smallest absolute Gasteiger partial charge is 0.295 e. The number of rotatable bonds is 6. The zero-order valence-electron chi connectivity index (χ0n) is 22.5. The second-order valence-corrected chi connectivity index (χ2v) is 9.98. The Morgan fingerprint density at radius 1 is 0.683 bits per heavy atom. The summed E-state index contributed by atoms with van der Waals surface area (Å²) in [6, 6.07) is 33.5. The third kappa shape index (κ3) is 4.75. The van der Waals surface area contributed by atoms with Gasteiger partial charge in [-0.3, -0.25) is 0 Å². The van der Waals surface area contributed by atoms with Crippen molar-refractivity contribution in [3.05, 3.63) is 138 Å². The molecule has 6 aromatic rings. The van der Waals surface area contributed by atoms with Crippen molar-refractivity contribution in [1.29, 1.82) is 5.26 Å². The predicted molar refractivity (Wildman–Crippen MR) is 157 cm³/mol. The Labute approximate surface area is 237 Å². The lowest BCUT2D eigenvalue weighted by molar-refractivity contribution is 0.589. The molecular weight excluding hydrogens is 508 g/mol. The van der Waals surface area contributed by atoms with Gasteiger partial charge in [-0.1, -0.05) is 67.2 Å². The SMILES string of the molecule is [C-]#[N+]c1ccn(-c2nc(C(C)(C)c3ccc(-c4ccccc4)c(-n4ccc(C#N)n4)n3)ccc2-c2ccccc2)n1. The first kappa shape index (κ1) is 25.4. The molecule has 0 bridgehead atoms. The van der Waals surface area contributed by atoms with E-state index in [0.717, 1.165) is 33.6 Å². The fraction of sp³-hybridized carbons (Fsp3) is 0.0909. The van der Waals surface area contributed by atoms with Gasteiger partial charge in [-0.2, -0.15) is 10.4 Å². The molecule has 0 fully saturated rings. The number of nitrogens with zero attached hydrogens (tertiary/aromatic N) is 8. The van der Waals surface area contributed by atoms with Crippen molar-refractivity contribution in [3.8, 4) is 40.0 Å². The van der Waals surface area contributed by atoms with Gasteiger partial charge < -0.3 is 4.85 Å². The topological polar surface area (TPSA) is 89.6 Å². The van der Waals surface area contributed by atoms with Crippen LogP contribution in [0.15, 0.2) is 109 Å². The molecule has 0 radical (unpaired) electrons. The number of hydrogen-bond donors (Lipinski definition) is 0. The lowest BCUT2D eigenvalue weighted by atomic mass is 9.83. The molecule has 0 N–H and O–H groups in total. The van der Waals surface area contributed by atoms with Crippen LogP contribution in [0, 0.1) is 17.9 Å². The molecule has 0 amide bonds. The van der Waals surface area contributed by atoms with E-state index in [1.54, 1.807) is 33.9 Å². The maximum absolute atomic E-state index is 9.38. The highest BCUT2D eigenvalue weighted by Crippen LogP contribution is 2.35. The Morgan fingerprint density at radius 3 is 1.66 bits per heavy atom. The molecule has 0 saturated carbocycles. The van der Waals surface area contributed by atoms with Gasteiger partial charge in [0.1, 0.15) is 6.07 Å². The van der Waals surface area contributed by atoms with Crippen molar-refractivity contribution >= 4 is 5.82 Å². The molecule has 2 aromatic carbocycles. The van der Waals surface area contributed by atoms with E-state index in [4.69, 9.17) is 16.5 Å². The van der Waals surface area contributed by atoms with E-state index in [1.165, 1.54) is 0 Å². The van der Waals surface area contributed by atoms with Crippen molar-refractivity contribution in [2.24, 2.45) is 0 Å². The number of aromatic nitrogens is 6. The van der Waals surface area contributed by atoms with Crippen LogP contribution in [0.25, 0.3) is 38.7 Å². The van der Waals surface area contributed by atoms with Crippen LogP contribution in [0.3, 0.4) is 0 Å². The third-order valence-corrected chi connectivity index (χ3v) is 7.03. The van der Waals surface area contributed by atoms with Gasteiger partial charge in [-0.25, -0.2) is 14.6 Å². The van der Waals surface area contributed by atoms with Crippen molar-refractivity contribution in [2.75, 3.05) is 0 Å². The Balaban J connectivity index is 1.50. The second-order valence-electron chi connectivity index (χ2n) is 9.98. The van der Waals surface area contributed by atoms with Crippen LogP contribution >= 0.6 is 0 Å². The molecule has 8 heteroatoms. The number of hydrogen-bond acceptors (Lipinski definition) is 5. The fourth-order valence-corrected chi connectivity index (χ4v) is 4.75. The quantitative estimate of drug-likeness (QED) is 0.217. The van der Waals surface area contributed by atoms with Gasteiger partial charge in [0.2, 0.25) is 0 Å². The highest BCUT2D eigenvalue weighted by molar-refractivity contribution is 5.72. The van der Waals surface area contributed by atoms with E-state index in [2.05, 4.69) is 35.0 Å². The summed E-state index contributed by atoms with van der Waals surface area (Å²) in [5.41, 5.74) is 5.07. The second kappa shape index (κ2) is 10.4. The molecule has 0 aliphatic carbocycles. The van der Waals surface area contributed by atoms with Gasteiger partial charge in [0.25, 0.3) is 5.82 Å². The molecule has 0 spiro atoms. The van der Waals surface area contributed by atoms with Gasteiger partial charge in [-0.05, 0) is 66.5 Å². The summed E-state index contributed by atoms with van der Waals surface area (Å²) >= 11 is 0. The van der Waals surface area contributed by atoms with Crippen molar-refractivity contribution < 1.29 is 0 Å². The molecule has 196 valence electrons. The van der Waals surface area contributed by atoms with E-state index >= 15 is 0 Å². The summed E-state index contributed by atoms with van der Waals surface area (Å²) in [6.07, 6.45) is 3.51. The first-order valence-electron chi connectivity index (χ1n) is 13.0. The Bertz CT molecular complexity index is 1800. The van der Waals surface area contributed by atoms with Crippen LogP contribution in [0.5, 0.6) is 0 Å². The number of nitriles is 1. The van der Waals surface area contributed by atoms with Crippen LogP contribution in [-0.2, 0) is 5.41 Å². The number of pyridine rings is 2. The van der Waals surface area contributed by atoms with Gasteiger partial charge in [0, 0.05) is 28.9 Å². The minimum absolute atomic E-state index is 0.300. The van der Waals surface area contributed by atoms with Crippen LogP contribution in [0.4, 0.5) is 5.82 Å². The molecule has 0 aliphatic rings. The van der Waals surface area contributed by atoms with Crippen molar-refractivity contribution in [3.63, 3.8) is 0 Å². The Kier molecular flexibility index (Phi) is 6.43. The largest absolute Gasteiger partial charge is 0.359 e. The molecule has 8 nitrogen and oxygen atoms in total. The van der Waals surface area contributed by atoms with E-state index in [9.17, 15) is 5.26 Å². The highest BCUT2D eigenvalue weighted by Gasteiger charge is 2.29. The summed E-state index contributed by atoms with van der Waals surface area (Å²) in [4.78, 5) is 13.7. The predicted octanol–water partition coefficient (Wildman–Crippen LogP) is 6.93. The summed E-state index contributed by atoms with van der Waals surface area (Å²) in [7, 11) is 0. The van der Waals surface area contributed by atoms with Gasteiger partial charge in [-0.15, -0.1) is 4.68 Å². The average molecular weight is 533 g/mol. The monoisotopic (exact) mass is 532 g/mol. The van der Waals surface area contributed by atoms with Crippen molar-refractivity contribution in [1.82, 2.24) is 29.5 Å². The summed E-state index contributed by atoms with van der Waals surface area (Å²) in [6.45, 7) is 11.5. The molecule has 4 aromatic heterocycles. The zero-order valence-corrected chi connectivity index (χ0v) is 22.5. The first-order valence-corrected chi connectivity index (χ1v) is 13.0. The molecule has 0 atom stereocenters. The minimum Gasteiger partial charge on any atom is -0.359 e. The summed E-state index contributed by atoms with van der Waals surface area (Å²) in [5.74, 6) is 1.55. The first-order chi connectivity index (χ1) is 20.0. The van der Waals surface area contributed by atoms with E-state index in [1.807, 2.05) is 84.9 Å². The lowest BCUT2D eigenvalue weighted by Crippen LogP contribution is -2.24. The lowest BCUT2D eigenvalue weighted by Gasteiger charge is -2.26. The minimum atomic E-state index is -0.616. The standard InChI is InChI=1S/C33H24N8/c1-33(2,28-16-14-26(23-10-6-4-7-11-23)31(36-28)40-20-18-25(22-34)38-40)29-17-15-27(24-12-8-5-9-13-24)32(37-29)41-21-19-30(35-3)39-41/h4-21H,1-2H3. The Morgan fingerprint density at radius 2 is 1.20 bits per heavy atom. The van der Waals surface area contributed by atoms with Crippen LogP contribution in [-0.4, -0.2) is 29.5 Å². The van der Waals surface area contributed by atoms with Crippen LogP contribution in [0.1, 0.15) is 30.9 Å². The summed E-state index contributed by atoms with van der Waals surface area (Å²) in [5, 5.41) is 18.2. The molecule has 0 unspecified atom stereocenters. The normalized spacial score (nSPS) is 11.1. The Hall–Kier alpha value is -5.86. The van der Waals surface area contributed by atoms with Crippen molar-refractivity contribution in [2.45, 2.75) is 19.3 Å². The average Bonchev–Trinajstić information content (AvgIpc) is 3.72. The highest BCUT2D eigenvalue weighted by atomic mass is 15.3. The van der Waals surface area contributed by atoms with Crippen LogP contribution in [0.2, 0.25) is 0 Å². The number of benzene rings is 2. The molecule has 4 heterocycles. The third-order valence-electron chi connectivity index (χ3n) is 7.03. The maximum Gasteiger partial charge on any atom is 0.295 e. The van der Waals surface area contributed by atoms with E-state index in [-0.39, 0.29) is 0 Å². The van der Waals surface area contributed by atoms with Gasteiger partial charge in [0.05, 0.1) is 11.4 Å². The maximum atomic E-state index is 9.38. The van der Waals surface area contributed by atoms with Gasteiger partial charge in [0.15, 0.2) is 17.3 Å². The van der Waals surface area contributed by atoms with E-state index < -0.39 is 5.41 Å². The molecule has 0 aliphatic heterocycles. The molecule has 6 rings (SSSR count). The fourth-order valence-electron chi connectivity index (χ4n) is 4.75.